The molecule has 3 aromatic rings. The van der Waals surface area contributed by atoms with E-state index in [-0.39, 0.29) is 0 Å². The third kappa shape index (κ3) is 4.03. The summed E-state index contributed by atoms with van der Waals surface area (Å²) in [6.07, 6.45) is 7.88. The van der Waals surface area contributed by atoms with Gasteiger partial charge in [0, 0.05) is 38.4 Å². The minimum Gasteiger partial charge on any atom is -0.497 e. The van der Waals surface area contributed by atoms with Gasteiger partial charge in [0.2, 0.25) is 0 Å². The molecule has 4 rings (SSSR count). The SMILES string of the molecule is COc1cccc(CN2CCC[C@@H](c3nnc(Cn4ccnc4)n3C)C2)c1. The lowest BCUT2D eigenvalue weighted by atomic mass is 9.96. The van der Waals surface area contributed by atoms with E-state index in [4.69, 9.17) is 4.74 Å². The minimum atomic E-state index is 0.415. The Morgan fingerprint density at radius 1 is 1.22 bits per heavy atom. The van der Waals surface area contributed by atoms with E-state index in [0.717, 1.165) is 43.5 Å². The van der Waals surface area contributed by atoms with E-state index < -0.39 is 0 Å². The second kappa shape index (κ2) is 7.92. The van der Waals surface area contributed by atoms with E-state index in [1.54, 1.807) is 13.3 Å². The van der Waals surface area contributed by atoms with Crippen LogP contribution in [0.2, 0.25) is 0 Å². The van der Waals surface area contributed by atoms with Gasteiger partial charge in [-0.25, -0.2) is 4.98 Å². The molecule has 1 aliphatic heterocycles. The highest BCUT2D eigenvalue weighted by molar-refractivity contribution is 5.28. The Bertz CT molecular complexity index is 872. The van der Waals surface area contributed by atoms with Crippen LogP contribution in [0.4, 0.5) is 0 Å². The quantitative estimate of drug-likeness (QED) is 0.671. The van der Waals surface area contributed by atoms with Crippen LogP contribution in [0, 0.1) is 0 Å². The number of hydrogen-bond acceptors (Lipinski definition) is 5. The van der Waals surface area contributed by atoms with Crippen LogP contribution in [-0.4, -0.2) is 49.4 Å². The summed E-state index contributed by atoms with van der Waals surface area (Å²) in [6, 6.07) is 8.33. The van der Waals surface area contributed by atoms with Crippen molar-refractivity contribution in [2.75, 3.05) is 20.2 Å². The van der Waals surface area contributed by atoms with Gasteiger partial charge >= 0.3 is 0 Å². The second-order valence-electron chi connectivity index (χ2n) is 7.19. The predicted octanol–water partition coefficient (Wildman–Crippen LogP) is 2.45. The number of benzene rings is 1. The summed E-state index contributed by atoms with van der Waals surface area (Å²) >= 11 is 0. The Balaban J connectivity index is 1.44. The second-order valence-corrected chi connectivity index (χ2v) is 7.19. The average Bonchev–Trinajstić information content (AvgIpc) is 3.33. The molecule has 0 bridgehead atoms. The molecule has 1 aliphatic rings. The van der Waals surface area contributed by atoms with Crippen molar-refractivity contribution in [3.8, 4) is 5.75 Å². The number of hydrogen-bond donors (Lipinski definition) is 0. The minimum absolute atomic E-state index is 0.415. The van der Waals surface area contributed by atoms with Crippen molar-refractivity contribution in [1.29, 1.82) is 0 Å². The number of methoxy groups -OCH3 is 1. The van der Waals surface area contributed by atoms with Crippen molar-refractivity contribution in [1.82, 2.24) is 29.2 Å². The fourth-order valence-corrected chi connectivity index (χ4v) is 3.85. The fourth-order valence-electron chi connectivity index (χ4n) is 3.85. The van der Waals surface area contributed by atoms with E-state index in [0.29, 0.717) is 12.5 Å². The van der Waals surface area contributed by atoms with Crippen molar-refractivity contribution in [3.05, 3.63) is 60.2 Å². The molecule has 0 aliphatic carbocycles. The highest BCUT2D eigenvalue weighted by Crippen LogP contribution is 2.27. The molecule has 1 fully saturated rings. The third-order valence-electron chi connectivity index (χ3n) is 5.29. The lowest BCUT2D eigenvalue weighted by Crippen LogP contribution is -2.34. The summed E-state index contributed by atoms with van der Waals surface area (Å²) < 4.78 is 9.52. The summed E-state index contributed by atoms with van der Waals surface area (Å²) in [5.74, 6) is 3.38. The lowest BCUT2D eigenvalue weighted by Gasteiger charge is -2.32. The van der Waals surface area contributed by atoms with Gasteiger partial charge < -0.3 is 13.9 Å². The molecule has 27 heavy (non-hydrogen) atoms. The molecule has 7 heteroatoms. The van der Waals surface area contributed by atoms with Crippen LogP contribution in [0.1, 0.15) is 36.0 Å². The maximum absolute atomic E-state index is 5.35. The van der Waals surface area contributed by atoms with Crippen molar-refractivity contribution >= 4 is 0 Å². The molecule has 0 saturated carbocycles. The van der Waals surface area contributed by atoms with E-state index in [1.807, 2.05) is 23.2 Å². The van der Waals surface area contributed by atoms with Gasteiger partial charge in [-0.15, -0.1) is 10.2 Å². The number of ether oxygens (including phenoxy) is 1. The zero-order valence-corrected chi connectivity index (χ0v) is 16.0. The van der Waals surface area contributed by atoms with Crippen LogP contribution in [-0.2, 0) is 20.1 Å². The Morgan fingerprint density at radius 3 is 2.96 bits per heavy atom. The molecule has 0 radical (unpaired) electrons. The van der Waals surface area contributed by atoms with Gasteiger partial charge in [0.05, 0.1) is 20.0 Å². The van der Waals surface area contributed by atoms with Crippen molar-refractivity contribution in [2.24, 2.45) is 7.05 Å². The van der Waals surface area contributed by atoms with E-state index in [2.05, 4.69) is 49.9 Å². The van der Waals surface area contributed by atoms with Crippen LogP contribution < -0.4 is 4.74 Å². The molecule has 1 atom stereocenters. The molecule has 1 saturated heterocycles. The summed E-state index contributed by atoms with van der Waals surface area (Å²) in [6.45, 7) is 3.76. The normalized spacial score (nSPS) is 17.9. The van der Waals surface area contributed by atoms with Crippen LogP contribution in [0.3, 0.4) is 0 Å². The number of rotatable bonds is 6. The number of likely N-dealkylation sites (tertiary alicyclic amines) is 1. The summed E-state index contributed by atoms with van der Waals surface area (Å²) in [7, 11) is 3.79. The highest BCUT2D eigenvalue weighted by Gasteiger charge is 2.26. The van der Waals surface area contributed by atoms with E-state index in [9.17, 15) is 0 Å². The van der Waals surface area contributed by atoms with Gasteiger partial charge in [-0.2, -0.15) is 0 Å². The fraction of sp³-hybridized carbons (Fsp3) is 0.450. The Labute approximate surface area is 159 Å². The zero-order valence-electron chi connectivity index (χ0n) is 16.0. The van der Waals surface area contributed by atoms with Gasteiger partial charge in [0.15, 0.2) is 5.82 Å². The van der Waals surface area contributed by atoms with Crippen LogP contribution >= 0.6 is 0 Å². The molecule has 7 nitrogen and oxygen atoms in total. The van der Waals surface area contributed by atoms with Gasteiger partial charge in [0.25, 0.3) is 0 Å². The molecule has 3 heterocycles. The highest BCUT2D eigenvalue weighted by atomic mass is 16.5. The summed E-state index contributed by atoms with van der Waals surface area (Å²) in [5, 5.41) is 8.95. The summed E-state index contributed by atoms with van der Waals surface area (Å²) in [5.41, 5.74) is 1.29. The van der Waals surface area contributed by atoms with Crippen LogP contribution in [0.5, 0.6) is 5.75 Å². The molecule has 0 spiro atoms. The first-order valence-electron chi connectivity index (χ1n) is 9.42. The van der Waals surface area contributed by atoms with Gasteiger partial charge in [-0.3, -0.25) is 4.90 Å². The molecular formula is C20H26N6O. The van der Waals surface area contributed by atoms with E-state index in [1.165, 1.54) is 12.0 Å². The van der Waals surface area contributed by atoms with E-state index >= 15 is 0 Å². The number of piperidine rings is 1. The molecular weight excluding hydrogens is 340 g/mol. The Hall–Kier alpha value is -2.67. The van der Waals surface area contributed by atoms with Gasteiger partial charge in [0.1, 0.15) is 11.6 Å². The first kappa shape index (κ1) is 17.7. The smallest absolute Gasteiger partial charge is 0.152 e. The lowest BCUT2D eigenvalue weighted by molar-refractivity contribution is 0.195. The molecule has 142 valence electrons. The summed E-state index contributed by atoms with van der Waals surface area (Å²) in [4.78, 5) is 6.60. The predicted molar refractivity (Wildman–Crippen MR) is 103 cm³/mol. The average molecular weight is 366 g/mol. The maximum atomic E-state index is 5.35. The maximum Gasteiger partial charge on any atom is 0.152 e. The monoisotopic (exact) mass is 366 g/mol. The van der Waals surface area contributed by atoms with Crippen molar-refractivity contribution < 1.29 is 4.74 Å². The molecule has 1 aromatic carbocycles. The Kier molecular flexibility index (Phi) is 5.20. The topological polar surface area (TPSA) is 61.0 Å². The first-order chi connectivity index (χ1) is 13.2. The molecule has 0 N–H and O–H groups in total. The van der Waals surface area contributed by atoms with Gasteiger partial charge in [-0.05, 0) is 37.1 Å². The molecule has 0 unspecified atom stereocenters. The Morgan fingerprint density at radius 2 is 2.15 bits per heavy atom. The molecule has 2 aromatic heterocycles. The number of nitrogens with zero attached hydrogens (tertiary/aromatic N) is 6. The van der Waals surface area contributed by atoms with Gasteiger partial charge in [-0.1, -0.05) is 12.1 Å². The molecule has 0 amide bonds. The first-order valence-corrected chi connectivity index (χ1v) is 9.42. The number of aromatic nitrogens is 5. The van der Waals surface area contributed by atoms with Crippen molar-refractivity contribution in [3.63, 3.8) is 0 Å². The van der Waals surface area contributed by atoms with Crippen molar-refractivity contribution in [2.45, 2.75) is 31.8 Å². The van der Waals surface area contributed by atoms with Crippen LogP contribution in [0.25, 0.3) is 0 Å². The number of imidazole rings is 1. The third-order valence-corrected chi connectivity index (χ3v) is 5.29. The standard InChI is InChI=1S/C20H26N6O/c1-24-19(14-26-10-8-21-15-26)22-23-20(24)17-6-4-9-25(13-17)12-16-5-3-7-18(11-16)27-2/h3,5,7-8,10-11,15,17H,4,6,9,12-14H2,1-2H3/t17-/m1/s1. The largest absolute Gasteiger partial charge is 0.497 e. The van der Waals surface area contributed by atoms with Crippen LogP contribution in [0.15, 0.2) is 43.0 Å². The zero-order chi connectivity index (χ0) is 18.6.